The molecule has 192 valence electrons. The van der Waals surface area contributed by atoms with E-state index in [1.807, 2.05) is 37.4 Å². The summed E-state index contributed by atoms with van der Waals surface area (Å²) in [5, 5.41) is 0.583. The largest absolute Gasteiger partial charge is 0.494 e. The van der Waals surface area contributed by atoms with Gasteiger partial charge in [-0.2, -0.15) is 0 Å². The molecule has 1 fully saturated rings. The normalized spacial score (nSPS) is 24.6. The van der Waals surface area contributed by atoms with Gasteiger partial charge < -0.3 is 4.74 Å². The molecule has 4 bridgehead atoms. The molecule has 39 heavy (non-hydrogen) atoms. The van der Waals surface area contributed by atoms with E-state index in [0.717, 1.165) is 22.3 Å². The third-order valence-corrected chi connectivity index (χ3v) is 8.56. The lowest BCUT2D eigenvalue weighted by Crippen LogP contribution is -2.51. The summed E-state index contributed by atoms with van der Waals surface area (Å²) in [4.78, 5) is 35.1. The minimum Gasteiger partial charge on any atom is -0.494 e. The van der Waals surface area contributed by atoms with Crippen LogP contribution in [0, 0.1) is 11.8 Å². The Labute approximate surface area is 231 Å². The van der Waals surface area contributed by atoms with Gasteiger partial charge >= 0.3 is 0 Å². The highest BCUT2D eigenvalue weighted by atomic mass is 35.5. The Morgan fingerprint density at radius 3 is 2.44 bits per heavy atom. The van der Waals surface area contributed by atoms with E-state index in [9.17, 15) is 9.59 Å². The number of amides is 2. The Bertz CT molecular complexity index is 1650. The summed E-state index contributed by atoms with van der Waals surface area (Å²) < 4.78 is 5.59. The SMILES string of the molecule is CCOc1ccc(N2C(=O)[C@H]3[C@H]4c5ccc(cc5)[C@@](C=Nc5cccc(Cl)c5)(c5ccccc54)[C@H]3C2=O)cc1. The maximum Gasteiger partial charge on any atom is 0.239 e. The number of rotatable bonds is 5. The Kier molecular flexibility index (Phi) is 5.46. The van der Waals surface area contributed by atoms with Crippen LogP contribution in [0.4, 0.5) is 11.4 Å². The summed E-state index contributed by atoms with van der Waals surface area (Å²) in [7, 11) is 0. The monoisotopic (exact) mass is 532 g/mol. The zero-order valence-corrected chi connectivity index (χ0v) is 22.0. The van der Waals surface area contributed by atoms with Crippen LogP contribution < -0.4 is 9.64 Å². The number of ether oxygens (including phenoxy) is 1. The first-order valence-corrected chi connectivity index (χ1v) is 13.5. The molecule has 0 saturated carbocycles. The van der Waals surface area contributed by atoms with Gasteiger partial charge in [0.15, 0.2) is 0 Å². The van der Waals surface area contributed by atoms with Crippen LogP contribution >= 0.6 is 11.6 Å². The van der Waals surface area contributed by atoms with E-state index >= 15 is 0 Å². The van der Waals surface area contributed by atoms with E-state index in [2.05, 4.69) is 36.4 Å². The number of anilines is 1. The number of nitrogens with zero attached hydrogens (tertiary/aromatic N) is 2. The van der Waals surface area contributed by atoms with Crippen LogP contribution in [-0.2, 0) is 15.0 Å². The number of imide groups is 1. The minimum atomic E-state index is -0.939. The molecule has 1 heterocycles. The predicted molar refractivity (Wildman–Crippen MR) is 152 cm³/mol. The van der Waals surface area contributed by atoms with Gasteiger partial charge in [-0.3, -0.25) is 14.6 Å². The Balaban J connectivity index is 1.46. The van der Waals surface area contributed by atoms with Crippen molar-refractivity contribution in [3.63, 3.8) is 0 Å². The maximum atomic E-state index is 14.5. The third kappa shape index (κ3) is 3.43. The first-order valence-electron chi connectivity index (χ1n) is 13.1. The summed E-state index contributed by atoms with van der Waals surface area (Å²) in [5.74, 6) is -1.16. The molecule has 4 atom stereocenters. The molecular weight excluding hydrogens is 508 g/mol. The third-order valence-electron chi connectivity index (χ3n) is 8.32. The van der Waals surface area contributed by atoms with E-state index in [1.165, 1.54) is 4.90 Å². The average Bonchev–Trinajstić information content (AvgIpc) is 3.20. The number of aliphatic imine (C=N–C) groups is 1. The second-order valence-electron chi connectivity index (χ2n) is 10.2. The number of benzene rings is 4. The Morgan fingerprint density at radius 1 is 0.923 bits per heavy atom. The molecule has 1 aliphatic heterocycles. The summed E-state index contributed by atoms with van der Waals surface area (Å²) in [6, 6.07) is 31.0. The van der Waals surface area contributed by atoms with Gasteiger partial charge in [-0.25, -0.2) is 4.90 Å². The molecule has 0 unspecified atom stereocenters. The van der Waals surface area contributed by atoms with E-state index in [-0.39, 0.29) is 17.7 Å². The first kappa shape index (κ1) is 23.9. The fraction of sp³-hybridized carbons (Fsp3) is 0.182. The van der Waals surface area contributed by atoms with Gasteiger partial charge in [-0.1, -0.05) is 66.2 Å². The number of hydrogen-bond acceptors (Lipinski definition) is 4. The molecule has 2 amide bonds. The number of carbonyl (C=O) groups excluding carboxylic acids is 2. The molecule has 0 radical (unpaired) electrons. The van der Waals surface area contributed by atoms with Crippen molar-refractivity contribution < 1.29 is 14.3 Å². The minimum absolute atomic E-state index is 0.184. The molecule has 1 saturated heterocycles. The van der Waals surface area contributed by atoms with Gasteiger partial charge in [0.2, 0.25) is 11.8 Å². The molecular formula is C33H25ClN2O3. The molecule has 4 aromatic carbocycles. The highest BCUT2D eigenvalue weighted by molar-refractivity contribution is 6.30. The second kappa shape index (κ2) is 8.92. The van der Waals surface area contributed by atoms with Crippen molar-refractivity contribution in [2.24, 2.45) is 16.8 Å². The number of hydrogen-bond donors (Lipinski definition) is 0. The van der Waals surface area contributed by atoms with Crippen molar-refractivity contribution in [1.82, 2.24) is 0 Å². The smallest absolute Gasteiger partial charge is 0.239 e. The summed E-state index contributed by atoms with van der Waals surface area (Å²) in [6.07, 6.45) is 1.87. The van der Waals surface area contributed by atoms with Gasteiger partial charge in [0.1, 0.15) is 5.75 Å². The average molecular weight is 533 g/mol. The number of carbonyl (C=O) groups is 2. The second-order valence-corrected chi connectivity index (χ2v) is 10.7. The van der Waals surface area contributed by atoms with Crippen LogP contribution in [0.15, 0.2) is 102 Å². The molecule has 5 nitrogen and oxygen atoms in total. The van der Waals surface area contributed by atoms with Crippen molar-refractivity contribution in [3.05, 3.63) is 124 Å². The van der Waals surface area contributed by atoms with Crippen molar-refractivity contribution in [1.29, 1.82) is 0 Å². The van der Waals surface area contributed by atoms with Gasteiger partial charge in [-0.05, 0) is 71.6 Å². The molecule has 0 N–H and O–H groups in total. The molecule has 6 heteroatoms. The molecule has 0 spiro atoms. The Hall–Kier alpha value is -4.22. The van der Waals surface area contributed by atoms with Gasteiger partial charge in [0.25, 0.3) is 0 Å². The lowest BCUT2D eigenvalue weighted by Gasteiger charge is -2.48. The van der Waals surface area contributed by atoms with E-state index in [1.54, 1.807) is 36.4 Å². The van der Waals surface area contributed by atoms with Gasteiger partial charge in [0.05, 0.1) is 35.2 Å². The quantitative estimate of drug-likeness (QED) is 0.212. The van der Waals surface area contributed by atoms with E-state index in [0.29, 0.717) is 28.8 Å². The highest BCUT2D eigenvalue weighted by Gasteiger charge is 2.65. The van der Waals surface area contributed by atoms with Crippen LogP contribution in [-0.4, -0.2) is 24.6 Å². The van der Waals surface area contributed by atoms with Crippen LogP contribution in [0.2, 0.25) is 5.02 Å². The zero-order chi connectivity index (χ0) is 26.7. The van der Waals surface area contributed by atoms with Crippen molar-refractivity contribution in [3.8, 4) is 5.75 Å². The molecule has 4 aromatic rings. The standard InChI is InChI=1S/C33H25ClN2O3/c1-2-39-25-16-14-24(15-17-25)36-31(37)29-28-20-10-12-21(13-11-20)33(30(29)32(36)38,27-9-4-3-8-26(27)28)19-35-23-7-5-6-22(34)18-23/h3-19,28-30H,2H2,1H3/t28-,29-,30+,33-/m0/s1. The molecule has 5 aliphatic carbocycles. The van der Waals surface area contributed by atoms with Gasteiger partial charge in [0, 0.05) is 17.2 Å². The summed E-state index contributed by atoms with van der Waals surface area (Å²) >= 11 is 6.26. The van der Waals surface area contributed by atoms with Crippen LogP contribution in [0.5, 0.6) is 5.75 Å². The van der Waals surface area contributed by atoms with Crippen molar-refractivity contribution >= 4 is 41.0 Å². The fourth-order valence-corrected chi connectivity index (χ4v) is 6.95. The number of halogens is 1. The zero-order valence-electron chi connectivity index (χ0n) is 21.3. The molecule has 10 rings (SSSR count). The highest BCUT2D eigenvalue weighted by Crippen LogP contribution is 2.60. The fourth-order valence-electron chi connectivity index (χ4n) is 6.77. The van der Waals surface area contributed by atoms with E-state index < -0.39 is 17.3 Å². The first-order chi connectivity index (χ1) is 19.0. The summed E-state index contributed by atoms with van der Waals surface area (Å²) in [5.41, 5.74) is 4.35. The van der Waals surface area contributed by atoms with E-state index in [4.69, 9.17) is 21.3 Å². The molecule has 6 aliphatic rings. The summed E-state index contributed by atoms with van der Waals surface area (Å²) in [6.45, 7) is 2.46. The van der Waals surface area contributed by atoms with Crippen LogP contribution in [0.25, 0.3) is 0 Å². The van der Waals surface area contributed by atoms with Gasteiger partial charge in [-0.15, -0.1) is 0 Å². The van der Waals surface area contributed by atoms with Crippen molar-refractivity contribution in [2.75, 3.05) is 11.5 Å². The maximum absolute atomic E-state index is 14.5. The predicted octanol–water partition coefficient (Wildman–Crippen LogP) is 6.69. The lowest BCUT2D eigenvalue weighted by atomic mass is 9.52. The topological polar surface area (TPSA) is 59.0 Å². The lowest BCUT2D eigenvalue weighted by molar-refractivity contribution is -0.122. The Morgan fingerprint density at radius 2 is 1.69 bits per heavy atom. The van der Waals surface area contributed by atoms with Crippen LogP contribution in [0.1, 0.15) is 35.1 Å². The van der Waals surface area contributed by atoms with Crippen molar-refractivity contribution in [2.45, 2.75) is 18.3 Å². The molecule has 0 aromatic heterocycles. The van der Waals surface area contributed by atoms with Crippen LogP contribution in [0.3, 0.4) is 0 Å².